The van der Waals surface area contributed by atoms with Gasteiger partial charge in [0.05, 0.1) is 19.3 Å². The van der Waals surface area contributed by atoms with Gasteiger partial charge in [-0.15, -0.1) is 0 Å². The lowest BCUT2D eigenvalue weighted by molar-refractivity contribution is -0.127. The van der Waals surface area contributed by atoms with Gasteiger partial charge >= 0.3 is 0 Å². The van der Waals surface area contributed by atoms with Crippen molar-refractivity contribution in [3.63, 3.8) is 0 Å². The van der Waals surface area contributed by atoms with E-state index in [4.69, 9.17) is 4.74 Å². The molecule has 7 nitrogen and oxygen atoms in total. The molecule has 1 aromatic rings. The van der Waals surface area contributed by atoms with Gasteiger partial charge in [0.1, 0.15) is 12.4 Å². The maximum Gasteiger partial charge on any atom is 0.243 e. The van der Waals surface area contributed by atoms with E-state index < -0.39 is 0 Å². The van der Waals surface area contributed by atoms with E-state index in [1.807, 2.05) is 12.1 Å². The lowest BCUT2D eigenvalue weighted by atomic mass is 10.0. The van der Waals surface area contributed by atoms with Crippen molar-refractivity contribution in [2.75, 3.05) is 53.5 Å². The molecule has 2 rings (SSSR count). The number of nitrogens with zero attached hydrogens (tertiary/aromatic N) is 3. The Morgan fingerprint density at radius 3 is 2.52 bits per heavy atom. The van der Waals surface area contributed by atoms with E-state index in [2.05, 4.69) is 34.4 Å². The van der Waals surface area contributed by atoms with Crippen molar-refractivity contribution in [1.82, 2.24) is 20.4 Å². The van der Waals surface area contributed by atoms with Gasteiger partial charge in [0, 0.05) is 39.8 Å². The van der Waals surface area contributed by atoms with E-state index in [0.717, 1.165) is 25.1 Å². The van der Waals surface area contributed by atoms with Crippen LogP contribution in [0.3, 0.4) is 0 Å². The van der Waals surface area contributed by atoms with Crippen LogP contribution in [0.2, 0.25) is 0 Å². The van der Waals surface area contributed by atoms with Crippen molar-refractivity contribution in [3.05, 3.63) is 35.6 Å². The highest BCUT2D eigenvalue weighted by Gasteiger charge is 2.23. The fourth-order valence-corrected chi connectivity index (χ4v) is 3.00. The molecule has 1 saturated heterocycles. The molecule has 0 aliphatic carbocycles. The van der Waals surface area contributed by atoms with Gasteiger partial charge in [0.2, 0.25) is 5.91 Å². The van der Waals surface area contributed by atoms with Gasteiger partial charge < -0.3 is 20.3 Å². The first-order chi connectivity index (χ1) is 13.9. The van der Waals surface area contributed by atoms with Crippen LogP contribution in [0, 0.1) is 5.82 Å². The van der Waals surface area contributed by atoms with Crippen LogP contribution in [-0.2, 0) is 9.53 Å². The molecule has 1 aromatic carbocycles. The van der Waals surface area contributed by atoms with Crippen LogP contribution in [0.5, 0.6) is 0 Å². The maximum atomic E-state index is 13.4. The van der Waals surface area contributed by atoms with Gasteiger partial charge in [-0.3, -0.25) is 9.69 Å². The lowest BCUT2D eigenvalue weighted by Crippen LogP contribution is -2.48. The fourth-order valence-electron chi connectivity index (χ4n) is 3.00. The molecule has 2 unspecified atom stereocenters. The van der Waals surface area contributed by atoms with Gasteiger partial charge in [0.15, 0.2) is 5.96 Å². The summed E-state index contributed by atoms with van der Waals surface area (Å²) in [5.74, 6) is 0.304. The predicted molar refractivity (Wildman–Crippen MR) is 113 cm³/mol. The van der Waals surface area contributed by atoms with E-state index in [9.17, 15) is 9.18 Å². The van der Waals surface area contributed by atoms with E-state index in [0.29, 0.717) is 25.7 Å². The van der Waals surface area contributed by atoms with Crippen LogP contribution in [0.4, 0.5) is 4.39 Å². The van der Waals surface area contributed by atoms with Gasteiger partial charge in [0.25, 0.3) is 0 Å². The number of morpholine rings is 1. The molecular formula is C21H34FN5O2. The van der Waals surface area contributed by atoms with Crippen LogP contribution < -0.4 is 10.6 Å². The quantitative estimate of drug-likeness (QED) is 0.506. The first-order valence-corrected chi connectivity index (χ1v) is 10.2. The molecule has 1 fully saturated rings. The number of guanidine groups is 1. The number of halogens is 1. The molecule has 0 radical (unpaired) electrons. The van der Waals surface area contributed by atoms with Crippen molar-refractivity contribution in [2.24, 2.45) is 4.99 Å². The van der Waals surface area contributed by atoms with Gasteiger partial charge in [-0.25, -0.2) is 9.38 Å². The molecule has 1 heterocycles. The van der Waals surface area contributed by atoms with Gasteiger partial charge in [-0.05, 0) is 31.0 Å². The van der Waals surface area contributed by atoms with Crippen molar-refractivity contribution in [3.8, 4) is 0 Å². The molecule has 0 spiro atoms. The average Bonchev–Trinajstić information content (AvgIpc) is 2.73. The molecule has 8 heteroatoms. The monoisotopic (exact) mass is 407 g/mol. The third-order valence-electron chi connectivity index (χ3n) is 5.07. The summed E-state index contributed by atoms with van der Waals surface area (Å²) >= 11 is 0. The van der Waals surface area contributed by atoms with Crippen LogP contribution in [0.15, 0.2) is 29.3 Å². The molecule has 0 bridgehead atoms. The Morgan fingerprint density at radius 2 is 1.93 bits per heavy atom. The topological polar surface area (TPSA) is 69.2 Å². The van der Waals surface area contributed by atoms with Gasteiger partial charge in [-0.1, -0.05) is 19.1 Å². The average molecular weight is 408 g/mol. The summed E-state index contributed by atoms with van der Waals surface area (Å²) in [6.45, 7) is 7.83. The number of hydrogen-bond acceptors (Lipinski definition) is 4. The molecule has 2 N–H and O–H groups in total. The molecule has 1 aliphatic heterocycles. The van der Waals surface area contributed by atoms with Crippen molar-refractivity contribution in [2.45, 2.75) is 32.4 Å². The normalized spacial score (nSPS) is 17.5. The molecule has 2 atom stereocenters. The zero-order chi connectivity index (χ0) is 21.2. The molecule has 0 aromatic heterocycles. The lowest BCUT2D eigenvalue weighted by Gasteiger charge is -2.35. The maximum absolute atomic E-state index is 13.4. The summed E-state index contributed by atoms with van der Waals surface area (Å²) in [6.07, 6.45) is 0.938. The SMILES string of the molecule is CCC(C)NC(=NCC(=O)N(C)C)NCC(c1ccc(F)cc1)N1CCOCC1. The number of aliphatic imine (C=N–C) groups is 1. The second-order valence-corrected chi connectivity index (χ2v) is 7.50. The first-order valence-electron chi connectivity index (χ1n) is 10.2. The number of carbonyl (C=O) groups is 1. The Kier molecular flexibility index (Phi) is 9.34. The highest BCUT2D eigenvalue weighted by molar-refractivity contribution is 5.84. The third-order valence-corrected chi connectivity index (χ3v) is 5.07. The van der Waals surface area contributed by atoms with Crippen molar-refractivity contribution in [1.29, 1.82) is 0 Å². The van der Waals surface area contributed by atoms with Gasteiger partial charge in [-0.2, -0.15) is 0 Å². The van der Waals surface area contributed by atoms with Crippen LogP contribution >= 0.6 is 0 Å². The van der Waals surface area contributed by atoms with Crippen LogP contribution in [0.1, 0.15) is 31.9 Å². The van der Waals surface area contributed by atoms with E-state index >= 15 is 0 Å². The minimum atomic E-state index is -0.245. The molecule has 1 amide bonds. The summed E-state index contributed by atoms with van der Waals surface area (Å²) in [4.78, 5) is 20.3. The minimum absolute atomic E-state index is 0.0491. The number of ether oxygens (including phenoxy) is 1. The highest BCUT2D eigenvalue weighted by atomic mass is 19.1. The number of hydrogen-bond donors (Lipinski definition) is 2. The summed E-state index contributed by atoms with van der Waals surface area (Å²) in [6, 6.07) is 6.91. The molecular weight excluding hydrogens is 373 g/mol. The Hall–Kier alpha value is -2.19. The summed E-state index contributed by atoms with van der Waals surface area (Å²) in [7, 11) is 3.44. The van der Waals surface area contributed by atoms with E-state index in [1.165, 1.54) is 17.0 Å². The number of likely N-dealkylation sites (N-methyl/N-ethyl adjacent to an activating group) is 1. The number of rotatable bonds is 8. The molecule has 29 heavy (non-hydrogen) atoms. The standard InChI is InChI=1S/C21H34FN5O2/c1-5-16(2)25-21(24-15-20(28)26(3)4)23-14-19(27-10-12-29-13-11-27)17-6-8-18(22)9-7-17/h6-9,16,19H,5,10-15H2,1-4H3,(H2,23,24,25). The summed E-state index contributed by atoms with van der Waals surface area (Å²) in [5, 5.41) is 6.73. The molecule has 0 saturated carbocycles. The predicted octanol–water partition coefficient (Wildman–Crippen LogP) is 1.62. The number of amides is 1. The van der Waals surface area contributed by atoms with E-state index in [-0.39, 0.29) is 30.4 Å². The van der Waals surface area contributed by atoms with Crippen molar-refractivity contribution < 1.29 is 13.9 Å². The van der Waals surface area contributed by atoms with E-state index in [1.54, 1.807) is 14.1 Å². The zero-order valence-electron chi connectivity index (χ0n) is 17.9. The van der Waals surface area contributed by atoms with Crippen LogP contribution in [0.25, 0.3) is 0 Å². The molecule has 1 aliphatic rings. The number of benzene rings is 1. The summed E-state index contributed by atoms with van der Waals surface area (Å²) in [5.41, 5.74) is 1.04. The van der Waals surface area contributed by atoms with Crippen LogP contribution in [-0.4, -0.2) is 81.2 Å². The first kappa shape index (κ1) is 23.1. The largest absolute Gasteiger partial charge is 0.379 e. The number of carbonyl (C=O) groups excluding carboxylic acids is 1. The minimum Gasteiger partial charge on any atom is -0.379 e. The Balaban J connectivity index is 2.13. The molecule has 162 valence electrons. The fraction of sp³-hybridized carbons (Fsp3) is 0.619. The number of nitrogens with one attached hydrogen (secondary N) is 2. The smallest absolute Gasteiger partial charge is 0.243 e. The zero-order valence-corrected chi connectivity index (χ0v) is 17.9. The third kappa shape index (κ3) is 7.62. The second kappa shape index (κ2) is 11.7. The second-order valence-electron chi connectivity index (χ2n) is 7.50. The Morgan fingerprint density at radius 1 is 1.28 bits per heavy atom. The Labute approximate surface area is 173 Å². The highest BCUT2D eigenvalue weighted by Crippen LogP contribution is 2.21. The van der Waals surface area contributed by atoms with Crippen molar-refractivity contribution >= 4 is 11.9 Å². The summed E-state index contributed by atoms with van der Waals surface area (Å²) < 4.78 is 18.9. The Bertz CT molecular complexity index is 660.